The second-order valence-electron chi connectivity index (χ2n) is 6.67. The van der Waals surface area contributed by atoms with E-state index in [0.29, 0.717) is 39.6 Å². The predicted octanol–water partition coefficient (Wildman–Crippen LogP) is 3.46. The number of hydrogen-bond donors (Lipinski definition) is 2. The summed E-state index contributed by atoms with van der Waals surface area (Å²) in [5.74, 6) is 0.337. The summed E-state index contributed by atoms with van der Waals surface area (Å²) in [4.78, 5) is 0. The fourth-order valence-corrected chi connectivity index (χ4v) is 3.74. The number of rotatable bonds is 5. The van der Waals surface area contributed by atoms with Gasteiger partial charge in [0.1, 0.15) is 17.5 Å². The van der Waals surface area contributed by atoms with Crippen LogP contribution in [0.15, 0.2) is 47.9 Å². The first-order valence-corrected chi connectivity index (χ1v) is 9.24. The van der Waals surface area contributed by atoms with E-state index in [0.717, 1.165) is 0 Å². The minimum atomic E-state index is -0.678. The lowest BCUT2D eigenvalue weighted by Gasteiger charge is -2.26. The molecule has 158 valence electrons. The predicted molar refractivity (Wildman–Crippen MR) is 109 cm³/mol. The second-order valence-corrected chi connectivity index (χ2v) is 6.67. The Bertz CT molecular complexity index is 1210. The van der Waals surface area contributed by atoms with Crippen molar-refractivity contribution in [3.8, 4) is 40.5 Å². The van der Waals surface area contributed by atoms with Crippen molar-refractivity contribution in [2.24, 2.45) is 5.73 Å². The molecule has 0 fully saturated rings. The topological polar surface area (TPSA) is 115 Å². The Balaban J connectivity index is 2.00. The van der Waals surface area contributed by atoms with Gasteiger partial charge < -0.3 is 24.7 Å². The molecule has 2 aromatic carbocycles. The number of benzene rings is 2. The van der Waals surface area contributed by atoms with Crippen LogP contribution in [0.2, 0.25) is 0 Å². The number of nitriles is 1. The zero-order chi connectivity index (χ0) is 22.1. The Kier molecular flexibility index (Phi) is 5.13. The number of hydrogen-bond acceptors (Lipinski definition) is 7. The fourth-order valence-electron chi connectivity index (χ4n) is 3.74. The number of nitrogens with zero attached hydrogens (tertiary/aromatic N) is 2. The highest BCUT2D eigenvalue weighted by Gasteiger charge is 2.38. The number of nitrogens with two attached hydrogens (primary N) is 1. The molecule has 0 amide bonds. The van der Waals surface area contributed by atoms with Crippen molar-refractivity contribution in [1.29, 1.82) is 5.26 Å². The summed E-state index contributed by atoms with van der Waals surface area (Å²) in [7, 11) is 4.51. The maximum atomic E-state index is 13.5. The lowest BCUT2D eigenvalue weighted by atomic mass is 9.82. The molecule has 1 aliphatic rings. The van der Waals surface area contributed by atoms with Gasteiger partial charge in [-0.3, -0.25) is 5.10 Å². The number of halogens is 1. The molecule has 0 bridgehead atoms. The summed E-state index contributed by atoms with van der Waals surface area (Å²) < 4.78 is 35.6. The van der Waals surface area contributed by atoms with Crippen LogP contribution in [0.25, 0.3) is 11.3 Å². The third-order valence-corrected chi connectivity index (χ3v) is 5.12. The summed E-state index contributed by atoms with van der Waals surface area (Å²) in [5.41, 5.74) is 8.65. The molecule has 3 N–H and O–H groups in total. The third-order valence-electron chi connectivity index (χ3n) is 5.12. The van der Waals surface area contributed by atoms with Gasteiger partial charge in [0.25, 0.3) is 0 Å². The Morgan fingerprint density at radius 1 is 1.06 bits per heavy atom. The number of methoxy groups -OCH3 is 3. The molecule has 1 atom stereocenters. The van der Waals surface area contributed by atoms with Crippen LogP contribution in [0.4, 0.5) is 4.39 Å². The molecule has 2 heterocycles. The van der Waals surface area contributed by atoms with Gasteiger partial charge in [-0.25, -0.2) is 4.39 Å². The van der Waals surface area contributed by atoms with E-state index in [4.69, 9.17) is 24.7 Å². The summed E-state index contributed by atoms with van der Waals surface area (Å²) in [6, 6.07) is 11.5. The molecule has 0 radical (unpaired) electrons. The Labute approximate surface area is 177 Å². The average molecular weight is 422 g/mol. The van der Waals surface area contributed by atoms with E-state index in [1.807, 2.05) is 0 Å². The van der Waals surface area contributed by atoms with Crippen LogP contribution in [0.3, 0.4) is 0 Å². The molecule has 0 aliphatic carbocycles. The maximum Gasteiger partial charge on any atom is 0.244 e. The number of fused-ring (bicyclic) bond motifs is 1. The van der Waals surface area contributed by atoms with Crippen LogP contribution >= 0.6 is 0 Å². The van der Waals surface area contributed by atoms with Gasteiger partial charge >= 0.3 is 0 Å². The van der Waals surface area contributed by atoms with Gasteiger partial charge in [0.2, 0.25) is 17.5 Å². The molecular formula is C22H19FN4O4. The third kappa shape index (κ3) is 3.18. The van der Waals surface area contributed by atoms with Gasteiger partial charge in [0, 0.05) is 11.1 Å². The van der Waals surface area contributed by atoms with Crippen molar-refractivity contribution in [3.05, 3.63) is 64.8 Å². The maximum absolute atomic E-state index is 13.5. The van der Waals surface area contributed by atoms with Crippen molar-refractivity contribution in [2.45, 2.75) is 5.92 Å². The first-order chi connectivity index (χ1) is 15.0. The molecule has 0 unspecified atom stereocenters. The van der Waals surface area contributed by atoms with E-state index in [2.05, 4.69) is 16.3 Å². The smallest absolute Gasteiger partial charge is 0.244 e. The molecule has 1 aromatic heterocycles. The zero-order valence-corrected chi connectivity index (χ0v) is 17.0. The lowest BCUT2D eigenvalue weighted by molar-refractivity contribution is 0.321. The molecule has 0 saturated heterocycles. The minimum absolute atomic E-state index is 0.0611. The summed E-state index contributed by atoms with van der Waals surface area (Å²) in [6.45, 7) is 0. The van der Waals surface area contributed by atoms with Gasteiger partial charge in [-0.05, 0) is 30.3 Å². The largest absolute Gasteiger partial charge is 0.493 e. The number of ether oxygens (including phenoxy) is 4. The SMILES string of the molecule is COc1ccc([C@@H]2C(C#N)=C(N)Oc3n[nH]c(-c4ccc(F)cc4)c32)c(OC)c1OC. The lowest BCUT2D eigenvalue weighted by Crippen LogP contribution is -2.21. The number of allylic oxidation sites excluding steroid dienone is 1. The molecular weight excluding hydrogens is 403 g/mol. The zero-order valence-electron chi connectivity index (χ0n) is 17.0. The average Bonchev–Trinajstić information content (AvgIpc) is 3.20. The monoisotopic (exact) mass is 422 g/mol. The number of nitrogens with one attached hydrogen (secondary N) is 1. The summed E-state index contributed by atoms with van der Waals surface area (Å²) >= 11 is 0. The fraction of sp³-hybridized carbons (Fsp3) is 0.182. The van der Waals surface area contributed by atoms with Crippen LogP contribution in [-0.2, 0) is 0 Å². The van der Waals surface area contributed by atoms with Crippen molar-refractivity contribution in [2.75, 3.05) is 21.3 Å². The van der Waals surface area contributed by atoms with Crippen molar-refractivity contribution >= 4 is 0 Å². The quantitative estimate of drug-likeness (QED) is 0.647. The van der Waals surface area contributed by atoms with Gasteiger partial charge in [0.15, 0.2) is 11.5 Å². The van der Waals surface area contributed by atoms with Crippen LogP contribution in [0, 0.1) is 17.1 Å². The van der Waals surface area contributed by atoms with E-state index in [9.17, 15) is 9.65 Å². The molecule has 31 heavy (non-hydrogen) atoms. The van der Waals surface area contributed by atoms with Crippen LogP contribution in [0.1, 0.15) is 17.0 Å². The van der Waals surface area contributed by atoms with Crippen molar-refractivity contribution in [1.82, 2.24) is 10.2 Å². The Morgan fingerprint density at radius 2 is 1.77 bits per heavy atom. The van der Waals surface area contributed by atoms with Crippen LogP contribution in [-0.4, -0.2) is 31.5 Å². The van der Waals surface area contributed by atoms with E-state index < -0.39 is 5.92 Å². The molecule has 9 heteroatoms. The minimum Gasteiger partial charge on any atom is -0.493 e. The summed E-state index contributed by atoms with van der Waals surface area (Å²) in [6.07, 6.45) is 0. The highest BCUT2D eigenvalue weighted by molar-refractivity contribution is 5.72. The first-order valence-electron chi connectivity index (χ1n) is 9.24. The molecule has 8 nitrogen and oxygen atoms in total. The Hall–Kier alpha value is -4.19. The van der Waals surface area contributed by atoms with E-state index in [1.54, 1.807) is 24.3 Å². The highest BCUT2D eigenvalue weighted by Crippen LogP contribution is 2.51. The van der Waals surface area contributed by atoms with Gasteiger partial charge in [-0.1, -0.05) is 6.07 Å². The van der Waals surface area contributed by atoms with Crippen LogP contribution < -0.4 is 24.7 Å². The Morgan fingerprint density at radius 3 is 2.39 bits per heavy atom. The number of H-pyrrole nitrogens is 1. The normalized spacial score (nSPS) is 15.0. The van der Waals surface area contributed by atoms with Gasteiger partial charge in [0.05, 0.1) is 38.5 Å². The van der Waals surface area contributed by atoms with Gasteiger partial charge in [-0.15, -0.1) is 5.10 Å². The van der Waals surface area contributed by atoms with Gasteiger partial charge in [-0.2, -0.15) is 5.26 Å². The summed E-state index contributed by atoms with van der Waals surface area (Å²) in [5, 5.41) is 17.0. The first kappa shape index (κ1) is 20.1. The number of aromatic amines is 1. The molecule has 1 aliphatic heterocycles. The van der Waals surface area contributed by atoms with Crippen LogP contribution in [0.5, 0.6) is 23.1 Å². The second kappa shape index (κ2) is 7.91. The van der Waals surface area contributed by atoms with Crippen molar-refractivity contribution in [3.63, 3.8) is 0 Å². The van der Waals surface area contributed by atoms with Crippen molar-refractivity contribution < 1.29 is 23.3 Å². The van der Waals surface area contributed by atoms with E-state index >= 15 is 0 Å². The van der Waals surface area contributed by atoms with E-state index in [-0.39, 0.29) is 23.2 Å². The molecule has 4 rings (SSSR count). The highest BCUT2D eigenvalue weighted by atomic mass is 19.1. The molecule has 0 spiro atoms. The molecule has 0 saturated carbocycles. The molecule has 3 aromatic rings. The standard InChI is InChI=1S/C22H19FN4O4/c1-28-15-9-8-13(19(29-2)20(15)30-3)16-14(10-24)21(25)31-22-17(16)18(26-27-22)11-4-6-12(23)7-5-11/h4-9,16H,25H2,1-3H3,(H,26,27)/t16-/m1/s1. The number of aromatic nitrogens is 2. The van der Waals surface area contributed by atoms with E-state index in [1.165, 1.54) is 33.5 Å².